The largest absolute Gasteiger partial charge is 0.504 e. The highest BCUT2D eigenvalue weighted by Gasteiger charge is 2.32. The van der Waals surface area contributed by atoms with Gasteiger partial charge in [-0.25, -0.2) is 0 Å². The van der Waals surface area contributed by atoms with Crippen molar-refractivity contribution in [2.45, 2.75) is 45.6 Å². The number of hydrogen-bond acceptors (Lipinski definition) is 5. The van der Waals surface area contributed by atoms with E-state index in [0.717, 1.165) is 17.5 Å². The summed E-state index contributed by atoms with van der Waals surface area (Å²) < 4.78 is 9.96. The monoisotopic (exact) mass is 295 g/mol. The second-order valence-electron chi connectivity index (χ2n) is 5.75. The van der Waals surface area contributed by atoms with Crippen molar-refractivity contribution in [1.29, 1.82) is 0 Å². The summed E-state index contributed by atoms with van der Waals surface area (Å²) >= 11 is 0. The number of phenolic OH excluding ortho intramolecular Hbond substituents is 1. The van der Waals surface area contributed by atoms with E-state index in [1.807, 2.05) is 26.8 Å². The molecule has 0 saturated heterocycles. The molecule has 5 heteroatoms. The van der Waals surface area contributed by atoms with E-state index in [4.69, 9.17) is 9.94 Å². The van der Waals surface area contributed by atoms with Crippen molar-refractivity contribution in [3.05, 3.63) is 23.3 Å². The summed E-state index contributed by atoms with van der Waals surface area (Å²) in [5.74, 6) is 0.754. The zero-order valence-corrected chi connectivity index (χ0v) is 13.4. The highest BCUT2D eigenvalue weighted by molar-refractivity contribution is 5.86. The van der Waals surface area contributed by atoms with Crippen molar-refractivity contribution >= 4 is 5.71 Å². The van der Waals surface area contributed by atoms with E-state index >= 15 is 0 Å². The number of benzene rings is 1. The van der Waals surface area contributed by atoms with Crippen molar-refractivity contribution in [3.63, 3.8) is 0 Å². The lowest BCUT2D eigenvalue weighted by Crippen LogP contribution is -2.24. The molecule has 0 unspecified atom stereocenters. The molecule has 2 rings (SSSR count). The van der Waals surface area contributed by atoms with E-state index < -0.39 is 0 Å². The average Bonchev–Trinajstić information content (AvgIpc) is 2.72. The van der Waals surface area contributed by atoms with E-state index in [1.54, 1.807) is 20.3 Å². The number of phenols is 1. The van der Waals surface area contributed by atoms with Crippen molar-refractivity contribution in [1.82, 2.24) is 0 Å². The van der Waals surface area contributed by atoms with Crippen LogP contribution in [0.1, 0.15) is 38.3 Å². The number of rotatable bonds is 3. The van der Waals surface area contributed by atoms with Crippen LogP contribution in [0.4, 0.5) is 0 Å². The highest BCUT2D eigenvalue weighted by Crippen LogP contribution is 2.42. The van der Waals surface area contributed by atoms with E-state index in [0.29, 0.717) is 24.3 Å². The molecule has 118 valence electrons. The summed E-state index contributed by atoms with van der Waals surface area (Å²) in [6.45, 7) is 5.94. The van der Waals surface area contributed by atoms with Crippen LogP contribution < -0.4 is 4.74 Å². The number of nitrogens with zero attached hydrogens (tertiary/aromatic N) is 1. The van der Waals surface area contributed by atoms with Crippen molar-refractivity contribution in [3.8, 4) is 11.5 Å². The first-order valence-electron chi connectivity index (χ1n) is 7.00. The average molecular weight is 295 g/mol. The molecule has 0 fully saturated rings. The molecule has 0 aliphatic carbocycles. The van der Waals surface area contributed by atoms with Gasteiger partial charge in [0.05, 0.1) is 5.71 Å². The summed E-state index contributed by atoms with van der Waals surface area (Å²) in [6.07, 6.45) is 2.02. The molecule has 1 aromatic carbocycles. The maximum absolute atomic E-state index is 9.98. The highest BCUT2D eigenvalue weighted by atomic mass is 16.5. The third-order valence-electron chi connectivity index (χ3n) is 3.16. The minimum Gasteiger partial charge on any atom is -0.504 e. The fourth-order valence-electron chi connectivity index (χ4n) is 2.33. The van der Waals surface area contributed by atoms with Crippen LogP contribution in [0.2, 0.25) is 0 Å². The number of aromatic hydroxyl groups is 1. The SMILES string of the molecule is CC/C(Cc1cc(O)c2c(c1)CC(C)(C)O2)=N\O.COC. The molecular weight excluding hydrogens is 270 g/mol. The topological polar surface area (TPSA) is 71.3 Å². The van der Waals surface area contributed by atoms with E-state index in [9.17, 15) is 5.11 Å². The Morgan fingerprint density at radius 3 is 2.52 bits per heavy atom. The lowest BCUT2D eigenvalue weighted by molar-refractivity contribution is 0.134. The van der Waals surface area contributed by atoms with Gasteiger partial charge in [-0.05, 0) is 31.9 Å². The Labute approximate surface area is 126 Å². The third-order valence-corrected chi connectivity index (χ3v) is 3.16. The number of hydrogen-bond donors (Lipinski definition) is 2. The van der Waals surface area contributed by atoms with Gasteiger partial charge in [0.2, 0.25) is 0 Å². The predicted octanol–water partition coefficient (Wildman–Crippen LogP) is 3.15. The number of methoxy groups -OCH3 is 1. The van der Waals surface area contributed by atoms with Gasteiger partial charge < -0.3 is 19.8 Å². The lowest BCUT2D eigenvalue weighted by atomic mass is 9.98. The smallest absolute Gasteiger partial charge is 0.165 e. The number of oxime groups is 1. The van der Waals surface area contributed by atoms with Crippen LogP contribution in [0.3, 0.4) is 0 Å². The van der Waals surface area contributed by atoms with E-state index in [1.165, 1.54) is 0 Å². The van der Waals surface area contributed by atoms with Crippen LogP contribution in [-0.2, 0) is 17.6 Å². The van der Waals surface area contributed by atoms with Gasteiger partial charge in [-0.1, -0.05) is 18.1 Å². The van der Waals surface area contributed by atoms with Crippen molar-refractivity contribution in [2.24, 2.45) is 5.16 Å². The maximum Gasteiger partial charge on any atom is 0.165 e. The first-order valence-corrected chi connectivity index (χ1v) is 7.00. The van der Waals surface area contributed by atoms with Gasteiger partial charge in [0, 0.05) is 32.6 Å². The summed E-state index contributed by atoms with van der Waals surface area (Å²) in [6, 6.07) is 3.70. The molecule has 1 aliphatic rings. The zero-order chi connectivity index (χ0) is 16.0. The Kier molecular flexibility index (Phi) is 6.03. The van der Waals surface area contributed by atoms with E-state index in [-0.39, 0.29) is 11.4 Å². The van der Waals surface area contributed by atoms with Crippen molar-refractivity contribution < 1.29 is 19.8 Å². The van der Waals surface area contributed by atoms with Gasteiger partial charge in [-0.3, -0.25) is 0 Å². The van der Waals surface area contributed by atoms with Crippen LogP contribution >= 0.6 is 0 Å². The first-order chi connectivity index (χ1) is 9.86. The van der Waals surface area contributed by atoms with Crippen molar-refractivity contribution in [2.75, 3.05) is 14.2 Å². The predicted molar refractivity (Wildman–Crippen MR) is 82.7 cm³/mol. The first kappa shape index (κ1) is 17.3. The van der Waals surface area contributed by atoms with Gasteiger partial charge >= 0.3 is 0 Å². The fourth-order valence-corrected chi connectivity index (χ4v) is 2.33. The molecule has 1 heterocycles. The summed E-state index contributed by atoms with van der Waals surface area (Å²) in [7, 11) is 3.25. The molecule has 5 nitrogen and oxygen atoms in total. The normalized spacial score (nSPS) is 15.8. The van der Waals surface area contributed by atoms with Gasteiger partial charge in [-0.2, -0.15) is 0 Å². The summed E-state index contributed by atoms with van der Waals surface area (Å²) in [5, 5.41) is 22.1. The van der Waals surface area contributed by atoms with Crippen LogP contribution in [0.15, 0.2) is 17.3 Å². The molecule has 2 N–H and O–H groups in total. The molecular formula is C16H25NO4. The molecule has 0 radical (unpaired) electrons. The zero-order valence-electron chi connectivity index (χ0n) is 13.4. The Balaban J connectivity index is 0.000000677. The second-order valence-corrected chi connectivity index (χ2v) is 5.75. The number of ether oxygens (including phenoxy) is 2. The molecule has 0 aromatic heterocycles. The molecule has 0 saturated carbocycles. The van der Waals surface area contributed by atoms with Gasteiger partial charge in [0.1, 0.15) is 5.60 Å². The quantitative estimate of drug-likeness (QED) is 0.510. The van der Waals surface area contributed by atoms with E-state index in [2.05, 4.69) is 9.89 Å². The van der Waals surface area contributed by atoms with Crippen LogP contribution in [0, 0.1) is 0 Å². The minimum absolute atomic E-state index is 0.168. The Hall–Kier alpha value is -1.75. The van der Waals surface area contributed by atoms with Crippen LogP contribution in [0.5, 0.6) is 11.5 Å². The minimum atomic E-state index is -0.267. The Bertz CT molecular complexity index is 509. The second kappa shape index (κ2) is 7.31. The summed E-state index contributed by atoms with van der Waals surface area (Å²) in [5.41, 5.74) is 2.40. The van der Waals surface area contributed by atoms with Gasteiger partial charge in [0.25, 0.3) is 0 Å². The number of fused-ring (bicyclic) bond motifs is 1. The van der Waals surface area contributed by atoms with Gasteiger partial charge in [0.15, 0.2) is 11.5 Å². The molecule has 0 spiro atoms. The Morgan fingerprint density at radius 2 is 2.00 bits per heavy atom. The third kappa shape index (κ3) is 4.63. The van der Waals surface area contributed by atoms with Gasteiger partial charge in [-0.15, -0.1) is 0 Å². The molecule has 0 atom stereocenters. The van der Waals surface area contributed by atoms with Crippen LogP contribution in [-0.4, -0.2) is 35.8 Å². The molecule has 0 bridgehead atoms. The summed E-state index contributed by atoms with van der Waals surface area (Å²) in [4.78, 5) is 0. The standard InChI is InChI=1S/C14H19NO3.C2H6O/c1-4-11(15-17)6-9-5-10-8-14(2,3)18-13(10)12(16)7-9;1-3-2/h5,7,16-17H,4,6,8H2,1-3H3;1-2H3/b15-11+;. The molecule has 21 heavy (non-hydrogen) atoms. The van der Waals surface area contributed by atoms with Crippen LogP contribution in [0.25, 0.3) is 0 Å². The Morgan fingerprint density at radius 1 is 1.38 bits per heavy atom. The lowest BCUT2D eigenvalue weighted by Gasteiger charge is -2.17. The fraction of sp³-hybridized carbons (Fsp3) is 0.562. The molecule has 1 aliphatic heterocycles. The molecule has 1 aromatic rings. The maximum atomic E-state index is 9.98. The molecule has 0 amide bonds.